The smallest absolute Gasteiger partial charge is 0.390 e. The molecule has 6 aromatic carbocycles. The summed E-state index contributed by atoms with van der Waals surface area (Å²) in [5, 5.41) is 46.5. The summed E-state index contributed by atoms with van der Waals surface area (Å²) in [4.78, 5) is 0. The van der Waals surface area contributed by atoms with Crippen LogP contribution in [0.4, 0.5) is 26.3 Å². The van der Waals surface area contributed by atoms with Gasteiger partial charge in [-0.2, -0.15) is 43.2 Å². The number of fused-ring (bicyclic) bond motifs is 6. The average molecular weight is 1090 g/mol. The SMILES string of the molecule is O=S(=O)(Oc1ccc2c(c1)CCC[C@@H]1C[C@](O)(c3ccccc3)[C@@H](O)C[C@]21Cc1ccccc1)C(F)(F)F.O=S(=O)(Oc1ccc2c(c1)CCC[C@H]1C[C@@](O)(c3ccccc3)[C@H](O)C[C@@]21Cc1ccccc1)C(F)(F)F. The first-order chi connectivity index (χ1) is 35.9. The minimum Gasteiger partial charge on any atom is -0.390 e. The molecule has 0 aromatic heterocycles. The van der Waals surface area contributed by atoms with Crippen molar-refractivity contribution in [3.05, 3.63) is 202 Å². The van der Waals surface area contributed by atoms with Gasteiger partial charge < -0.3 is 28.8 Å². The number of aliphatic hydroxyl groups is 4. The summed E-state index contributed by atoms with van der Waals surface area (Å²) >= 11 is 0. The van der Waals surface area contributed by atoms with E-state index in [-0.39, 0.29) is 24.7 Å². The summed E-state index contributed by atoms with van der Waals surface area (Å²) < 4.78 is 133. The fourth-order valence-electron chi connectivity index (χ4n) is 12.9. The molecule has 0 unspecified atom stereocenters. The topological polar surface area (TPSA) is 168 Å². The van der Waals surface area contributed by atoms with E-state index in [0.717, 1.165) is 35.1 Å². The van der Waals surface area contributed by atoms with Crippen molar-refractivity contribution in [2.75, 3.05) is 0 Å². The summed E-state index contributed by atoms with van der Waals surface area (Å²) in [6.45, 7) is 0. The van der Waals surface area contributed by atoms with Gasteiger partial charge in [0.1, 0.15) is 22.7 Å². The highest BCUT2D eigenvalue weighted by Crippen LogP contribution is 2.58. The number of rotatable bonds is 10. The Morgan fingerprint density at radius 1 is 0.474 bits per heavy atom. The normalized spacial score (nSPS) is 27.6. The van der Waals surface area contributed by atoms with E-state index in [4.69, 9.17) is 0 Å². The zero-order valence-corrected chi connectivity index (χ0v) is 42.8. The van der Waals surface area contributed by atoms with Crippen molar-refractivity contribution in [3.8, 4) is 11.5 Å². The van der Waals surface area contributed by atoms with Crippen LogP contribution in [0, 0.1) is 11.8 Å². The fourth-order valence-corrected chi connectivity index (χ4v) is 13.8. The van der Waals surface area contributed by atoms with Gasteiger partial charge >= 0.3 is 31.3 Å². The van der Waals surface area contributed by atoms with Gasteiger partial charge in [-0.05, 0) is 158 Å². The van der Waals surface area contributed by atoms with E-state index in [1.807, 2.05) is 121 Å². The molecule has 0 saturated heterocycles. The standard InChI is InChI=1S/2C29H29F3O5S/c2*30-29(31,32)38(35,36)37-24-14-15-25-21(16-24)10-7-13-23-18-28(34,22-11-5-2-6-12-22)26(33)19-27(23,25)17-20-8-3-1-4-9-20/h2*1-6,8-9,11-12,14-16,23,26,33-34H,7,10,13,17-19H2/t2*23-,26+,27+,28+/m10/s1. The van der Waals surface area contributed by atoms with Gasteiger partial charge in [0.2, 0.25) is 0 Å². The molecule has 0 amide bonds. The summed E-state index contributed by atoms with van der Waals surface area (Å²) in [5.41, 5.74) is -8.80. The molecule has 10 nitrogen and oxygen atoms in total. The lowest BCUT2D eigenvalue weighted by Crippen LogP contribution is -2.55. The van der Waals surface area contributed by atoms with E-state index in [9.17, 15) is 63.6 Å². The van der Waals surface area contributed by atoms with E-state index in [0.29, 0.717) is 73.6 Å². The lowest BCUT2D eigenvalue weighted by Gasteiger charge is -2.53. The average Bonchev–Trinajstić information content (AvgIpc) is 3.71. The Kier molecular flexibility index (Phi) is 15.1. The minimum absolute atomic E-state index is 0.0526. The van der Waals surface area contributed by atoms with Crippen LogP contribution in [0.2, 0.25) is 0 Å². The highest BCUT2D eigenvalue weighted by atomic mass is 32.2. The maximum atomic E-state index is 12.9. The Bertz CT molecular complexity index is 3010. The Labute approximate surface area is 438 Å². The number of aliphatic hydroxyl groups excluding tert-OH is 2. The van der Waals surface area contributed by atoms with Gasteiger partial charge in [0.25, 0.3) is 0 Å². The van der Waals surface area contributed by atoms with Crippen LogP contribution in [0.5, 0.6) is 11.5 Å². The molecule has 404 valence electrons. The molecule has 0 bridgehead atoms. The summed E-state index contributed by atoms with van der Waals surface area (Å²) in [7, 11) is -11.6. The molecular weight excluding hydrogens is 1030 g/mol. The molecule has 0 spiro atoms. The predicted octanol–water partition coefficient (Wildman–Crippen LogP) is 10.8. The van der Waals surface area contributed by atoms with E-state index in [2.05, 4.69) is 8.37 Å². The van der Waals surface area contributed by atoms with Crippen molar-refractivity contribution in [1.82, 2.24) is 0 Å². The van der Waals surface area contributed by atoms with Gasteiger partial charge in [-0.3, -0.25) is 0 Å². The predicted molar refractivity (Wildman–Crippen MR) is 272 cm³/mol. The third-order valence-corrected chi connectivity index (χ3v) is 18.3. The fraction of sp³-hybridized carbons (Fsp3) is 0.379. The van der Waals surface area contributed by atoms with Crippen molar-refractivity contribution >= 4 is 20.2 Å². The summed E-state index contributed by atoms with van der Waals surface area (Å²) in [5.74, 6) is -0.899. The Morgan fingerprint density at radius 3 is 1.13 bits per heavy atom. The van der Waals surface area contributed by atoms with Crippen molar-refractivity contribution in [3.63, 3.8) is 0 Å². The number of hydrogen-bond donors (Lipinski definition) is 4. The number of benzene rings is 6. The second-order valence-corrected chi connectivity index (χ2v) is 23.9. The van der Waals surface area contributed by atoms with Gasteiger partial charge in [-0.1, -0.05) is 133 Å². The monoisotopic (exact) mass is 1090 g/mol. The molecule has 6 aromatic rings. The second kappa shape index (κ2) is 20.9. The molecule has 4 aliphatic carbocycles. The first kappa shape index (κ1) is 55.0. The van der Waals surface area contributed by atoms with Crippen LogP contribution in [-0.2, 0) is 68.0 Å². The van der Waals surface area contributed by atoms with Gasteiger partial charge in [0.15, 0.2) is 0 Å². The molecule has 0 heterocycles. The lowest BCUT2D eigenvalue weighted by molar-refractivity contribution is -0.143. The van der Waals surface area contributed by atoms with E-state index >= 15 is 0 Å². The molecular formula is C58H58F6O10S2. The van der Waals surface area contributed by atoms with Crippen LogP contribution in [0.1, 0.15) is 95.9 Å². The molecule has 0 radical (unpaired) electrons. The van der Waals surface area contributed by atoms with Crippen molar-refractivity contribution in [1.29, 1.82) is 0 Å². The quantitative estimate of drug-likeness (QED) is 0.0589. The van der Waals surface area contributed by atoms with E-state index in [1.54, 1.807) is 12.1 Å². The van der Waals surface area contributed by atoms with Gasteiger partial charge in [0, 0.05) is 10.8 Å². The van der Waals surface area contributed by atoms with Crippen LogP contribution in [0.15, 0.2) is 158 Å². The molecule has 10 rings (SSSR count). The third-order valence-electron chi connectivity index (χ3n) is 16.4. The van der Waals surface area contributed by atoms with Crippen molar-refractivity contribution in [2.24, 2.45) is 11.8 Å². The molecule has 2 fully saturated rings. The van der Waals surface area contributed by atoms with Crippen molar-refractivity contribution in [2.45, 2.75) is 122 Å². The maximum Gasteiger partial charge on any atom is 0.534 e. The van der Waals surface area contributed by atoms with Crippen LogP contribution in [0.25, 0.3) is 0 Å². The maximum absolute atomic E-state index is 12.9. The molecule has 4 N–H and O–H groups in total. The van der Waals surface area contributed by atoms with E-state index in [1.165, 1.54) is 24.3 Å². The van der Waals surface area contributed by atoms with E-state index < -0.39 is 77.0 Å². The number of alkyl halides is 6. The Morgan fingerprint density at radius 2 is 0.803 bits per heavy atom. The number of halogens is 6. The summed E-state index contributed by atoms with van der Waals surface area (Å²) in [6, 6.07) is 46.3. The molecule has 2 saturated carbocycles. The molecule has 76 heavy (non-hydrogen) atoms. The highest BCUT2D eigenvalue weighted by molar-refractivity contribution is 7.88. The minimum atomic E-state index is -5.80. The summed E-state index contributed by atoms with van der Waals surface area (Å²) in [6.07, 6.45) is 3.81. The lowest BCUT2D eigenvalue weighted by atomic mass is 9.54. The van der Waals surface area contributed by atoms with Crippen LogP contribution in [0.3, 0.4) is 0 Å². The first-order valence-electron chi connectivity index (χ1n) is 25.2. The number of hydrogen-bond acceptors (Lipinski definition) is 10. The van der Waals surface area contributed by atoms with Crippen LogP contribution >= 0.6 is 0 Å². The first-order valence-corrected chi connectivity index (χ1v) is 28.0. The number of aryl methyl sites for hydroxylation is 2. The third kappa shape index (κ3) is 10.6. The zero-order chi connectivity index (χ0) is 54.4. The Balaban J connectivity index is 0.000000186. The van der Waals surface area contributed by atoms with Crippen molar-refractivity contribution < 1.29 is 72.0 Å². The molecule has 8 atom stereocenters. The highest BCUT2D eigenvalue weighted by Gasteiger charge is 2.58. The van der Waals surface area contributed by atoms with Crippen LogP contribution in [-0.4, -0.2) is 60.5 Å². The second-order valence-electron chi connectivity index (χ2n) is 20.8. The molecule has 0 aliphatic heterocycles. The zero-order valence-electron chi connectivity index (χ0n) is 41.1. The largest absolute Gasteiger partial charge is 0.534 e. The van der Waals surface area contributed by atoms with Crippen LogP contribution < -0.4 is 8.37 Å². The van der Waals surface area contributed by atoms with Gasteiger partial charge in [0.05, 0.1) is 12.2 Å². The van der Waals surface area contributed by atoms with Gasteiger partial charge in [-0.25, -0.2) is 0 Å². The van der Waals surface area contributed by atoms with Gasteiger partial charge in [-0.15, -0.1) is 0 Å². The molecule has 18 heteroatoms. The Hall–Kier alpha value is -5.76. The molecule has 4 aliphatic rings.